The molecule has 10 nitrogen and oxygen atoms in total. The minimum absolute atomic E-state index is 0.175. The smallest absolute Gasteiger partial charge is 0.258 e. The number of fused-ring (bicyclic) bond motifs is 2. The van der Waals surface area contributed by atoms with Crippen LogP contribution in [0, 0.1) is 5.92 Å². The van der Waals surface area contributed by atoms with Crippen LogP contribution >= 0.6 is 11.8 Å². The van der Waals surface area contributed by atoms with Crippen LogP contribution in [0.15, 0.2) is 52.3 Å². The summed E-state index contributed by atoms with van der Waals surface area (Å²) in [6.45, 7) is 5.80. The van der Waals surface area contributed by atoms with Gasteiger partial charge < -0.3 is 25.2 Å². The molecular weight excluding hydrogens is 520 g/mol. The number of hydrogen-bond acceptors (Lipinski definition) is 9. The molecule has 3 amide bonds. The summed E-state index contributed by atoms with van der Waals surface area (Å²) in [5.74, 6) is -0.877. The first-order valence-electron chi connectivity index (χ1n) is 13.2. The van der Waals surface area contributed by atoms with E-state index >= 15 is 0 Å². The van der Waals surface area contributed by atoms with E-state index in [4.69, 9.17) is 9.47 Å². The Kier molecular flexibility index (Phi) is 9.84. The van der Waals surface area contributed by atoms with Crippen molar-refractivity contribution in [1.29, 1.82) is 0 Å². The van der Waals surface area contributed by atoms with Crippen LogP contribution in [0.2, 0.25) is 0 Å². The summed E-state index contributed by atoms with van der Waals surface area (Å²) in [6.07, 6.45) is 0.337. The summed E-state index contributed by atoms with van der Waals surface area (Å²) in [7, 11) is 0. The Morgan fingerprint density at radius 2 is 1.85 bits per heavy atom. The van der Waals surface area contributed by atoms with Crippen molar-refractivity contribution in [2.75, 3.05) is 18.5 Å². The van der Waals surface area contributed by atoms with E-state index < -0.39 is 36.1 Å². The zero-order valence-corrected chi connectivity index (χ0v) is 23.2. The van der Waals surface area contributed by atoms with E-state index in [0.717, 1.165) is 21.2 Å². The average Bonchev–Trinajstić information content (AvgIpc) is 3.32. The second-order valence-corrected chi connectivity index (χ2v) is 11.1. The third-order valence-corrected chi connectivity index (χ3v) is 7.66. The SMILES string of the molecule is CC[C@H](NC(=O)COc1ccc2c(c1)Nc1ccccc1S2)C(=O)NC(=O)[C@H](CC(C)C)N[C@H]1CCOC1O. The normalized spacial score (nSPS) is 19.3. The third-order valence-electron chi connectivity index (χ3n) is 6.50. The van der Waals surface area contributed by atoms with Gasteiger partial charge in [-0.3, -0.25) is 25.0 Å². The van der Waals surface area contributed by atoms with E-state index in [1.165, 1.54) is 0 Å². The summed E-state index contributed by atoms with van der Waals surface area (Å²) in [6, 6.07) is 11.6. The van der Waals surface area contributed by atoms with E-state index in [-0.39, 0.29) is 18.6 Å². The van der Waals surface area contributed by atoms with E-state index in [2.05, 4.69) is 27.3 Å². The number of imide groups is 1. The topological polar surface area (TPSA) is 138 Å². The number of aliphatic hydroxyl groups excluding tert-OH is 1. The van der Waals surface area contributed by atoms with Gasteiger partial charge in [0.25, 0.3) is 5.91 Å². The summed E-state index contributed by atoms with van der Waals surface area (Å²) in [5, 5.41) is 21.5. The van der Waals surface area contributed by atoms with E-state index in [1.54, 1.807) is 24.8 Å². The molecule has 0 aromatic heterocycles. The maximum absolute atomic E-state index is 12.9. The fourth-order valence-electron chi connectivity index (χ4n) is 4.46. The maximum Gasteiger partial charge on any atom is 0.258 e. The number of benzene rings is 2. The molecule has 4 atom stereocenters. The second kappa shape index (κ2) is 13.3. The van der Waals surface area contributed by atoms with Crippen LogP contribution in [-0.4, -0.2) is 60.5 Å². The molecule has 2 aliphatic heterocycles. The molecule has 1 unspecified atom stereocenters. The highest BCUT2D eigenvalue weighted by Gasteiger charge is 2.32. The first kappa shape index (κ1) is 28.9. The highest BCUT2D eigenvalue weighted by atomic mass is 32.2. The summed E-state index contributed by atoms with van der Waals surface area (Å²) < 4.78 is 10.8. The lowest BCUT2D eigenvalue weighted by atomic mass is 10.0. The molecule has 5 N–H and O–H groups in total. The molecule has 0 aliphatic carbocycles. The van der Waals surface area contributed by atoms with Gasteiger partial charge in [-0.15, -0.1) is 0 Å². The first-order valence-corrected chi connectivity index (χ1v) is 14.1. The Morgan fingerprint density at radius 3 is 2.56 bits per heavy atom. The molecule has 39 heavy (non-hydrogen) atoms. The standard InChI is InChI=1S/C28H36N4O6S/c1-4-18(26(34)32-27(35)22(13-16(2)3)30-20-11-12-37-28(20)36)31-25(33)15-38-17-9-10-24-21(14-17)29-19-7-5-6-8-23(19)39-24/h5-10,14,16,18,20,22,28-30,36H,4,11-13,15H2,1-3H3,(H,31,33)(H,32,34,35)/t18-,20-,22-,28?/m0/s1. The predicted octanol–water partition coefficient (Wildman–Crippen LogP) is 2.92. The van der Waals surface area contributed by atoms with Crippen molar-refractivity contribution in [3.05, 3.63) is 42.5 Å². The lowest BCUT2D eigenvalue weighted by molar-refractivity contribution is -0.136. The van der Waals surface area contributed by atoms with Crippen LogP contribution in [0.1, 0.15) is 40.0 Å². The molecule has 4 rings (SSSR count). The number of para-hydroxylation sites is 1. The van der Waals surface area contributed by atoms with Gasteiger partial charge >= 0.3 is 0 Å². The number of carbonyl (C=O) groups is 3. The van der Waals surface area contributed by atoms with E-state index in [9.17, 15) is 19.5 Å². The zero-order chi connectivity index (χ0) is 27.9. The Labute approximate surface area is 232 Å². The number of aliphatic hydroxyl groups is 1. The number of anilines is 2. The number of amides is 3. The molecule has 0 radical (unpaired) electrons. The average molecular weight is 557 g/mol. The Morgan fingerprint density at radius 1 is 1.10 bits per heavy atom. The fourth-order valence-corrected chi connectivity index (χ4v) is 5.43. The molecule has 1 fully saturated rings. The van der Waals surface area contributed by atoms with Crippen LogP contribution in [0.25, 0.3) is 0 Å². The first-order chi connectivity index (χ1) is 18.7. The summed E-state index contributed by atoms with van der Waals surface area (Å²) in [4.78, 5) is 40.6. The van der Waals surface area contributed by atoms with Gasteiger partial charge in [-0.2, -0.15) is 0 Å². The second-order valence-electron chi connectivity index (χ2n) is 10.1. The van der Waals surface area contributed by atoms with Crippen molar-refractivity contribution in [2.24, 2.45) is 5.92 Å². The largest absolute Gasteiger partial charge is 0.484 e. The lowest BCUT2D eigenvalue weighted by Gasteiger charge is -2.25. The lowest BCUT2D eigenvalue weighted by Crippen LogP contribution is -2.55. The van der Waals surface area contributed by atoms with Gasteiger partial charge in [-0.25, -0.2) is 0 Å². The number of rotatable bonds is 11. The molecule has 2 aliphatic rings. The Bertz CT molecular complexity index is 1190. The molecule has 0 spiro atoms. The summed E-state index contributed by atoms with van der Waals surface area (Å²) in [5.41, 5.74) is 1.90. The van der Waals surface area contributed by atoms with Crippen molar-refractivity contribution in [3.63, 3.8) is 0 Å². The molecule has 2 heterocycles. The highest BCUT2D eigenvalue weighted by Crippen LogP contribution is 2.44. The van der Waals surface area contributed by atoms with Crippen molar-refractivity contribution in [2.45, 2.75) is 74.2 Å². The predicted molar refractivity (Wildman–Crippen MR) is 148 cm³/mol. The van der Waals surface area contributed by atoms with Crippen molar-refractivity contribution in [1.82, 2.24) is 16.0 Å². The molecular formula is C28H36N4O6S. The van der Waals surface area contributed by atoms with Crippen molar-refractivity contribution in [3.8, 4) is 5.75 Å². The molecule has 11 heteroatoms. The Hall–Kier alpha value is -3.12. The maximum atomic E-state index is 12.9. The van der Waals surface area contributed by atoms with Gasteiger partial charge in [0, 0.05) is 15.9 Å². The van der Waals surface area contributed by atoms with Crippen molar-refractivity contribution >= 4 is 40.9 Å². The highest BCUT2D eigenvalue weighted by molar-refractivity contribution is 7.99. The molecule has 210 valence electrons. The van der Waals surface area contributed by atoms with Gasteiger partial charge in [-0.05, 0) is 49.4 Å². The van der Waals surface area contributed by atoms with Crippen LogP contribution in [0.4, 0.5) is 11.4 Å². The van der Waals surface area contributed by atoms with E-state index in [1.807, 2.05) is 44.2 Å². The van der Waals surface area contributed by atoms with Crippen LogP contribution in [0.3, 0.4) is 0 Å². The molecule has 0 saturated carbocycles. The number of nitrogens with one attached hydrogen (secondary N) is 4. The number of hydrogen-bond donors (Lipinski definition) is 5. The molecule has 2 aromatic rings. The zero-order valence-electron chi connectivity index (χ0n) is 22.4. The van der Waals surface area contributed by atoms with Gasteiger partial charge in [0.2, 0.25) is 11.8 Å². The minimum atomic E-state index is -0.994. The molecule has 1 saturated heterocycles. The molecule has 0 bridgehead atoms. The Balaban J connectivity index is 1.28. The molecule has 2 aromatic carbocycles. The van der Waals surface area contributed by atoms with Gasteiger partial charge in [-0.1, -0.05) is 44.7 Å². The quantitative estimate of drug-likeness (QED) is 0.241. The third kappa shape index (κ3) is 7.72. The summed E-state index contributed by atoms with van der Waals surface area (Å²) >= 11 is 1.66. The van der Waals surface area contributed by atoms with Crippen molar-refractivity contribution < 1.29 is 29.0 Å². The van der Waals surface area contributed by atoms with E-state index in [0.29, 0.717) is 31.6 Å². The van der Waals surface area contributed by atoms with Gasteiger partial charge in [0.1, 0.15) is 11.8 Å². The van der Waals surface area contributed by atoms with Gasteiger partial charge in [0.05, 0.1) is 30.1 Å². The fraction of sp³-hybridized carbons (Fsp3) is 0.464. The monoisotopic (exact) mass is 556 g/mol. The van der Waals surface area contributed by atoms with Crippen LogP contribution < -0.4 is 26.0 Å². The van der Waals surface area contributed by atoms with Crippen LogP contribution in [0.5, 0.6) is 5.75 Å². The van der Waals surface area contributed by atoms with Gasteiger partial charge in [0.15, 0.2) is 12.9 Å². The number of carbonyl (C=O) groups excluding carboxylic acids is 3. The van der Waals surface area contributed by atoms with Crippen LogP contribution in [-0.2, 0) is 19.1 Å². The number of ether oxygens (including phenoxy) is 2. The minimum Gasteiger partial charge on any atom is -0.484 e.